The molecule has 2 N–H and O–H groups in total. The highest BCUT2D eigenvalue weighted by molar-refractivity contribution is 5.29. The summed E-state index contributed by atoms with van der Waals surface area (Å²) in [6.45, 7) is 4.37. The molecule has 0 atom stereocenters. The Morgan fingerprint density at radius 1 is 1.38 bits per heavy atom. The summed E-state index contributed by atoms with van der Waals surface area (Å²) in [6, 6.07) is 4.75. The van der Waals surface area contributed by atoms with Crippen molar-refractivity contribution in [2.75, 3.05) is 12.3 Å². The van der Waals surface area contributed by atoms with Crippen LogP contribution in [0.5, 0.6) is 0 Å². The van der Waals surface area contributed by atoms with Crippen LogP contribution in [-0.2, 0) is 6.54 Å². The van der Waals surface area contributed by atoms with Gasteiger partial charge in [-0.05, 0) is 31.0 Å². The lowest BCUT2D eigenvalue weighted by Gasteiger charge is -2.27. The number of anilines is 1. The molecule has 0 radical (unpaired) electrons. The molecule has 1 aromatic heterocycles. The average molecular weight is 219 g/mol. The van der Waals surface area contributed by atoms with Crippen molar-refractivity contribution < 1.29 is 0 Å². The van der Waals surface area contributed by atoms with Gasteiger partial charge in [0.2, 0.25) is 0 Å². The number of nitrogen functional groups attached to an aromatic ring is 1. The molecule has 0 saturated heterocycles. The fourth-order valence-electron chi connectivity index (χ4n) is 2.53. The van der Waals surface area contributed by atoms with Crippen molar-refractivity contribution in [3.63, 3.8) is 0 Å². The molecule has 1 fully saturated rings. The first-order valence-corrected chi connectivity index (χ1v) is 6.24. The molecule has 0 spiro atoms. The van der Waals surface area contributed by atoms with Crippen LogP contribution in [0.15, 0.2) is 18.3 Å². The Labute approximate surface area is 97.7 Å². The van der Waals surface area contributed by atoms with E-state index in [1.54, 1.807) is 0 Å². The second-order valence-electron chi connectivity index (χ2n) is 4.59. The van der Waals surface area contributed by atoms with Gasteiger partial charge in [0.15, 0.2) is 0 Å². The fourth-order valence-corrected chi connectivity index (χ4v) is 2.53. The molecule has 1 aliphatic carbocycles. The van der Waals surface area contributed by atoms with Crippen LogP contribution in [0.2, 0.25) is 0 Å². The van der Waals surface area contributed by atoms with Crippen LogP contribution >= 0.6 is 0 Å². The quantitative estimate of drug-likeness (QED) is 0.845. The zero-order valence-electron chi connectivity index (χ0n) is 10.0. The Balaban J connectivity index is 1.97. The van der Waals surface area contributed by atoms with E-state index >= 15 is 0 Å². The van der Waals surface area contributed by atoms with Gasteiger partial charge in [0, 0.05) is 18.8 Å². The summed E-state index contributed by atoms with van der Waals surface area (Å²) in [7, 11) is 0. The van der Waals surface area contributed by atoms with Crippen molar-refractivity contribution in [3.8, 4) is 0 Å². The average Bonchev–Trinajstić information content (AvgIpc) is 2.82. The predicted molar refractivity (Wildman–Crippen MR) is 67.0 cm³/mol. The molecule has 2 rings (SSSR count). The molecule has 16 heavy (non-hydrogen) atoms. The molecule has 0 aromatic carbocycles. The highest BCUT2D eigenvalue weighted by atomic mass is 15.1. The van der Waals surface area contributed by atoms with Crippen LogP contribution in [0.4, 0.5) is 5.82 Å². The van der Waals surface area contributed by atoms with Crippen molar-refractivity contribution in [1.29, 1.82) is 0 Å². The summed E-state index contributed by atoms with van der Waals surface area (Å²) >= 11 is 0. The standard InChI is InChI=1S/C13H21N3/c1-2-16(12-5-3-4-6-12)10-11-7-8-13(14)15-9-11/h7-9,12H,2-6,10H2,1H3,(H2,14,15). The smallest absolute Gasteiger partial charge is 0.123 e. The minimum absolute atomic E-state index is 0.604. The Kier molecular flexibility index (Phi) is 3.78. The van der Waals surface area contributed by atoms with Crippen LogP contribution < -0.4 is 5.73 Å². The van der Waals surface area contributed by atoms with Crippen molar-refractivity contribution in [2.45, 2.75) is 45.2 Å². The zero-order valence-corrected chi connectivity index (χ0v) is 10.0. The van der Waals surface area contributed by atoms with E-state index in [2.05, 4.69) is 22.9 Å². The minimum Gasteiger partial charge on any atom is -0.384 e. The van der Waals surface area contributed by atoms with E-state index in [0.29, 0.717) is 5.82 Å². The van der Waals surface area contributed by atoms with Crippen molar-refractivity contribution in [1.82, 2.24) is 9.88 Å². The molecule has 0 amide bonds. The molecule has 0 bridgehead atoms. The van der Waals surface area contributed by atoms with Crippen molar-refractivity contribution in [2.24, 2.45) is 0 Å². The molecule has 3 nitrogen and oxygen atoms in total. The number of rotatable bonds is 4. The molecular weight excluding hydrogens is 198 g/mol. The van der Waals surface area contributed by atoms with E-state index in [1.165, 1.54) is 31.2 Å². The molecular formula is C13H21N3. The van der Waals surface area contributed by atoms with Gasteiger partial charge in [0.1, 0.15) is 5.82 Å². The Hall–Kier alpha value is -1.09. The maximum Gasteiger partial charge on any atom is 0.123 e. The van der Waals surface area contributed by atoms with Gasteiger partial charge in [-0.3, -0.25) is 4.90 Å². The number of nitrogens with two attached hydrogens (primary N) is 1. The highest BCUT2D eigenvalue weighted by Gasteiger charge is 2.21. The first-order chi connectivity index (χ1) is 7.79. The summed E-state index contributed by atoms with van der Waals surface area (Å²) in [5, 5.41) is 0. The van der Waals surface area contributed by atoms with Crippen LogP contribution in [0, 0.1) is 0 Å². The van der Waals surface area contributed by atoms with Crippen LogP contribution in [0.25, 0.3) is 0 Å². The van der Waals surface area contributed by atoms with E-state index < -0.39 is 0 Å². The summed E-state index contributed by atoms with van der Waals surface area (Å²) in [5.41, 5.74) is 6.85. The monoisotopic (exact) mass is 219 g/mol. The largest absolute Gasteiger partial charge is 0.384 e. The summed E-state index contributed by atoms with van der Waals surface area (Å²) < 4.78 is 0. The summed E-state index contributed by atoms with van der Waals surface area (Å²) in [4.78, 5) is 6.70. The summed E-state index contributed by atoms with van der Waals surface area (Å²) in [6.07, 6.45) is 7.39. The third-order valence-electron chi connectivity index (χ3n) is 3.48. The van der Waals surface area contributed by atoms with E-state index in [0.717, 1.165) is 19.1 Å². The third-order valence-corrected chi connectivity index (χ3v) is 3.48. The molecule has 1 aromatic rings. The fraction of sp³-hybridized carbons (Fsp3) is 0.615. The Morgan fingerprint density at radius 3 is 2.69 bits per heavy atom. The maximum absolute atomic E-state index is 5.59. The first-order valence-electron chi connectivity index (χ1n) is 6.24. The lowest BCUT2D eigenvalue weighted by Crippen LogP contribution is -2.32. The van der Waals surface area contributed by atoms with Crippen LogP contribution in [0.1, 0.15) is 38.2 Å². The molecule has 1 aliphatic rings. The predicted octanol–water partition coefficient (Wildman–Crippen LogP) is 2.43. The van der Waals surface area contributed by atoms with Gasteiger partial charge in [-0.2, -0.15) is 0 Å². The van der Waals surface area contributed by atoms with Gasteiger partial charge < -0.3 is 5.73 Å². The van der Waals surface area contributed by atoms with E-state index in [1.807, 2.05) is 12.3 Å². The number of nitrogens with zero attached hydrogens (tertiary/aromatic N) is 2. The van der Waals surface area contributed by atoms with E-state index in [-0.39, 0.29) is 0 Å². The normalized spacial score (nSPS) is 17.1. The Bertz CT molecular complexity index is 314. The van der Waals surface area contributed by atoms with Crippen LogP contribution in [-0.4, -0.2) is 22.5 Å². The molecule has 0 aliphatic heterocycles. The lowest BCUT2D eigenvalue weighted by atomic mass is 10.2. The third kappa shape index (κ3) is 2.73. The maximum atomic E-state index is 5.59. The summed E-state index contributed by atoms with van der Waals surface area (Å²) in [5.74, 6) is 0.604. The molecule has 0 unspecified atom stereocenters. The lowest BCUT2D eigenvalue weighted by molar-refractivity contribution is 0.200. The second-order valence-corrected chi connectivity index (χ2v) is 4.59. The zero-order chi connectivity index (χ0) is 11.4. The Morgan fingerprint density at radius 2 is 2.12 bits per heavy atom. The van der Waals surface area contributed by atoms with E-state index in [4.69, 9.17) is 5.73 Å². The number of hydrogen-bond donors (Lipinski definition) is 1. The molecule has 3 heteroatoms. The van der Waals surface area contributed by atoms with E-state index in [9.17, 15) is 0 Å². The highest BCUT2D eigenvalue weighted by Crippen LogP contribution is 2.24. The first kappa shape index (κ1) is 11.4. The SMILES string of the molecule is CCN(Cc1ccc(N)nc1)C1CCCC1. The second kappa shape index (κ2) is 5.30. The van der Waals surface area contributed by atoms with Gasteiger partial charge in [0.05, 0.1) is 0 Å². The molecule has 1 saturated carbocycles. The topological polar surface area (TPSA) is 42.1 Å². The van der Waals surface area contributed by atoms with Gasteiger partial charge in [-0.25, -0.2) is 4.98 Å². The molecule has 88 valence electrons. The van der Waals surface area contributed by atoms with Crippen molar-refractivity contribution >= 4 is 5.82 Å². The van der Waals surface area contributed by atoms with Gasteiger partial charge in [-0.1, -0.05) is 25.8 Å². The number of aromatic nitrogens is 1. The van der Waals surface area contributed by atoms with Gasteiger partial charge in [-0.15, -0.1) is 0 Å². The number of hydrogen-bond acceptors (Lipinski definition) is 3. The van der Waals surface area contributed by atoms with Crippen LogP contribution in [0.3, 0.4) is 0 Å². The van der Waals surface area contributed by atoms with Crippen molar-refractivity contribution in [3.05, 3.63) is 23.9 Å². The number of pyridine rings is 1. The minimum atomic E-state index is 0.604. The molecule has 1 heterocycles. The van der Waals surface area contributed by atoms with Gasteiger partial charge in [0.25, 0.3) is 0 Å². The van der Waals surface area contributed by atoms with Gasteiger partial charge >= 0.3 is 0 Å².